The number of para-hydroxylation sites is 1. The average Bonchev–Trinajstić information content (AvgIpc) is 3.44. The smallest absolute Gasteiger partial charge is 0.398 e. The number of benzene rings is 2. The molecule has 1 aliphatic rings. The van der Waals surface area contributed by atoms with E-state index in [0.717, 1.165) is 17.3 Å². The molecule has 1 aliphatic heterocycles. The van der Waals surface area contributed by atoms with Gasteiger partial charge in [0.15, 0.2) is 5.76 Å². The molecule has 5 rings (SSSR count). The third-order valence-corrected chi connectivity index (χ3v) is 5.54. The van der Waals surface area contributed by atoms with E-state index in [2.05, 4.69) is 20.2 Å². The van der Waals surface area contributed by atoms with E-state index >= 15 is 0 Å². The first kappa shape index (κ1) is 23.5. The summed E-state index contributed by atoms with van der Waals surface area (Å²) < 4.78 is 84.5. The number of aromatic amines is 1. The third kappa shape index (κ3) is 4.51. The Kier molecular flexibility index (Phi) is 5.49. The molecule has 3 heterocycles. The average molecular weight is 506 g/mol. The number of nitrogens with two attached hydrogens (primary N) is 1. The van der Waals surface area contributed by atoms with Crippen LogP contribution in [-0.2, 0) is 25.4 Å². The number of halogens is 6. The van der Waals surface area contributed by atoms with Gasteiger partial charge >= 0.3 is 12.4 Å². The molecule has 0 spiro atoms. The van der Waals surface area contributed by atoms with Gasteiger partial charge in [-0.05, 0) is 24.3 Å². The number of nitrogens with zero attached hydrogens (tertiary/aromatic N) is 4. The highest BCUT2D eigenvalue weighted by molar-refractivity contribution is 5.82. The van der Waals surface area contributed by atoms with Crippen LogP contribution in [0.1, 0.15) is 28.3 Å². The number of hydrogen-bond donors (Lipinski definition) is 2. The lowest BCUT2D eigenvalue weighted by Gasteiger charge is -2.19. The standard InChI is InChI=1S/C23H16F6N6O/c24-22(25,26)12-5-6-14(16(7-12)23(27,28)29)18-8-13(36-34-18)10-35-11-20-19(9-31-35)32-21(33-20)15-3-1-2-4-17(15)30/h1-9H,10-11,30H2,(H,32,33). The van der Waals surface area contributed by atoms with Crippen molar-refractivity contribution in [3.8, 4) is 22.6 Å². The SMILES string of the molecule is Nc1ccccc1-c1nc2c([nH]1)CN(Cc1cc(-c3ccc(C(F)(F)F)cc3C(F)(F)F)no1)N=C2. The van der Waals surface area contributed by atoms with Crippen molar-refractivity contribution in [1.29, 1.82) is 0 Å². The number of hydrogen-bond acceptors (Lipinski definition) is 6. The largest absolute Gasteiger partial charge is 0.417 e. The molecule has 0 fully saturated rings. The van der Waals surface area contributed by atoms with Crippen LogP contribution < -0.4 is 5.73 Å². The Bertz CT molecular complexity index is 1450. The molecule has 0 saturated heterocycles. The number of rotatable bonds is 4. The molecule has 36 heavy (non-hydrogen) atoms. The van der Waals surface area contributed by atoms with E-state index in [1.165, 1.54) is 12.3 Å². The number of aromatic nitrogens is 3. The molecule has 186 valence electrons. The second-order valence-electron chi connectivity index (χ2n) is 8.04. The maximum Gasteiger partial charge on any atom is 0.417 e. The van der Waals surface area contributed by atoms with E-state index in [1.807, 2.05) is 12.1 Å². The summed E-state index contributed by atoms with van der Waals surface area (Å²) in [5, 5.41) is 9.49. The molecule has 0 radical (unpaired) electrons. The molecule has 0 amide bonds. The van der Waals surface area contributed by atoms with Crippen molar-refractivity contribution in [2.45, 2.75) is 25.4 Å². The van der Waals surface area contributed by atoms with Gasteiger partial charge in [-0.3, -0.25) is 5.01 Å². The minimum Gasteiger partial charge on any atom is -0.398 e. The van der Waals surface area contributed by atoms with Crippen LogP contribution in [0.4, 0.5) is 32.0 Å². The van der Waals surface area contributed by atoms with Crippen molar-refractivity contribution < 1.29 is 30.9 Å². The van der Waals surface area contributed by atoms with Crippen LogP contribution in [0.3, 0.4) is 0 Å². The Balaban J connectivity index is 1.36. The van der Waals surface area contributed by atoms with Crippen LogP contribution in [0.2, 0.25) is 0 Å². The number of anilines is 1. The molecule has 2 aromatic carbocycles. The van der Waals surface area contributed by atoms with Crippen molar-refractivity contribution in [1.82, 2.24) is 20.1 Å². The summed E-state index contributed by atoms with van der Waals surface area (Å²) >= 11 is 0. The maximum absolute atomic E-state index is 13.5. The van der Waals surface area contributed by atoms with Gasteiger partial charge in [0.05, 0.1) is 36.1 Å². The topological polar surface area (TPSA) is 96.3 Å². The molecule has 0 unspecified atom stereocenters. The lowest BCUT2D eigenvalue weighted by molar-refractivity contribution is -0.142. The minimum absolute atomic E-state index is 0.0484. The third-order valence-electron chi connectivity index (χ3n) is 5.54. The van der Waals surface area contributed by atoms with E-state index in [9.17, 15) is 26.3 Å². The van der Waals surface area contributed by atoms with Crippen LogP contribution in [0, 0.1) is 0 Å². The number of alkyl halides is 6. The van der Waals surface area contributed by atoms with Crippen molar-refractivity contribution >= 4 is 11.9 Å². The predicted molar refractivity (Wildman–Crippen MR) is 117 cm³/mol. The Hall–Kier alpha value is -4.29. The molecule has 0 atom stereocenters. The van der Waals surface area contributed by atoms with Crippen LogP contribution in [0.15, 0.2) is 58.2 Å². The molecule has 0 aliphatic carbocycles. The Morgan fingerprint density at radius 1 is 0.972 bits per heavy atom. The van der Waals surface area contributed by atoms with Gasteiger partial charge in [0.25, 0.3) is 0 Å². The first-order valence-electron chi connectivity index (χ1n) is 10.5. The highest BCUT2D eigenvalue weighted by Crippen LogP contribution is 2.40. The molecule has 0 bridgehead atoms. The van der Waals surface area contributed by atoms with Gasteiger partial charge in [-0.2, -0.15) is 31.4 Å². The summed E-state index contributed by atoms with van der Waals surface area (Å²) in [6.45, 7) is 0.336. The molecular formula is C23H16F6N6O. The first-order chi connectivity index (χ1) is 17.0. The zero-order valence-corrected chi connectivity index (χ0v) is 18.2. The Morgan fingerprint density at radius 3 is 2.47 bits per heavy atom. The van der Waals surface area contributed by atoms with E-state index in [0.29, 0.717) is 23.3 Å². The number of nitrogen functional groups attached to an aromatic ring is 1. The number of fused-ring (bicyclic) bond motifs is 1. The van der Waals surface area contributed by atoms with Crippen LogP contribution in [0.5, 0.6) is 0 Å². The maximum atomic E-state index is 13.5. The van der Waals surface area contributed by atoms with Gasteiger partial charge in [0.2, 0.25) is 0 Å². The predicted octanol–water partition coefficient (Wildman–Crippen LogP) is 5.70. The summed E-state index contributed by atoms with van der Waals surface area (Å²) in [7, 11) is 0. The van der Waals surface area contributed by atoms with Gasteiger partial charge in [-0.15, -0.1) is 0 Å². The number of imidazole rings is 1. The zero-order valence-electron chi connectivity index (χ0n) is 18.2. The summed E-state index contributed by atoms with van der Waals surface area (Å²) in [5.41, 5.74) is 5.02. The number of nitrogens with one attached hydrogen (secondary N) is 1. The van der Waals surface area contributed by atoms with Gasteiger partial charge < -0.3 is 15.2 Å². The van der Waals surface area contributed by atoms with E-state index < -0.39 is 29.0 Å². The first-order valence-corrected chi connectivity index (χ1v) is 10.5. The van der Waals surface area contributed by atoms with Gasteiger partial charge in [-0.1, -0.05) is 23.4 Å². The van der Waals surface area contributed by atoms with Gasteiger partial charge in [0.1, 0.15) is 17.2 Å². The van der Waals surface area contributed by atoms with Crippen molar-refractivity contribution in [3.05, 3.63) is 76.8 Å². The van der Waals surface area contributed by atoms with Crippen LogP contribution in [-0.4, -0.2) is 26.3 Å². The highest BCUT2D eigenvalue weighted by atomic mass is 19.4. The Labute approximate surface area is 199 Å². The monoisotopic (exact) mass is 506 g/mol. The molecule has 0 saturated carbocycles. The molecule has 13 heteroatoms. The minimum atomic E-state index is -5.02. The Morgan fingerprint density at radius 2 is 1.75 bits per heavy atom. The second-order valence-corrected chi connectivity index (χ2v) is 8.04. The lowest BCUT2D eigenvalue weighted by Crippen LogP contribution is -2.21. The van der Waals surface area contributed by atoms with E-state index in [4.69, 9.17) is 10.3 Å². The number of H-pyrrole nitrogens is 1. The van der Waals surface area contributed by atoms with E-state index in [1.54, 1.807) is 17.1 Å². The van der Waals surface area contributed by atoms with Crippen molar-refractivity contribution in [2.75, 3.05) is 5.73 Å². The number of hydrazone groups is 1. The van der Waals surface area contributed by atoms with Crippen molar-refractivity contribution in [3.63, 3.8) is 0 Å². The van der Waals surface area contributed by atoms with Crippen LogP contribution >= 0.6 is 0 Å². The normalized spacial score (nSPS) is 13.8. The van der Waals surface area contributed by atoms with Gasteiger partial charge in [0, 0.05) is 22.9 Å². The molecule has 2 aromatic heterocycles. The van der Waals surface area contributed by atoms with Gasteiger partial charge in [-0.25, -0.2) is 4.98 Å². The quantitative estimate of drug-likeness (QED) is 0.273. The van der Waals surface area contributed by atoms with Crippen LogP contribution in [0.25, 0.3) is 22.6 Å². The lowest BCUT2D eigenvalue weighted by atomic mass is 10.0. The summed E-state index contributed by atoms with van der Waals surface area (Å²) in [4.78, 5) is 7.68. The molecule has 3 N–H and O–H groups in total. The zero-order chi connectivity index (χ0) is 25.7. The van der Waals surface area contributed by atoms with E-state index in [-0.39, 0.29) is 30.6 Å². The summed E-state index contributed by atoms with van der Waals surface area (Å²) in [5.74, 6) is 0.737. The second kappa shape index (κ2) is 8.43. The highest BCUT2D eigenvalue weighted by Gasteiger charge is 2.39. The molecule has 7 nitrogen and oxygen atoms in total. The van der Waals surface area contributed by atoms with Crippen molar-refractivity contribution in [2.24, 2.45) is 5.10 Å². The summed E-state index contributed by atoms with van der Waals surface area (Å²) in [6, 6.07) is 9.82. The fourth-order valence-electron chi connectivity index (χ4n) is 3.82. The molecule has 4 aromatic rings. The fourth-order valence-corrected chi connectivity index (χ4v) is 3.82. The fraction of sp³-hybridized carbons (Fsp3) is 0.174. The molecular weight excluding hydrogens is 490 g/mol. The summed E-state index contributed by atoms with van der Waals surface area (Å²) in [6.07, 6.45) is -8.42.